The second-order valence-electron chi connectivity index (χ2n) is 3.06. The Balaban J connectivity index is 2.37. The number of benzene rings is 1. The second kappa shape index (κ2) is 3.96. The molecule has 0 aliphatic rings. The first-order valence-electron chi connectivity index (χ1n) is 4.51. The molecule has 2 rings (SSSR count). The molecule has 0 aliphatic heterocycles. The molecule has 1 aromatic heterocycles. The normalized spacial score (nSPS) is 9.93. The molecule has 76 valence electrons. The molecule has 1 aromatic carbocycles. The molecule has 0 atom stereocenters. The van der Waals surface area contributed by atoms with Crippen molar-refractivity contribution in [3.05, 3.63) is 36.7 Å². The van der Waals surface area contributed by atoms with Crippen LogP contribution in [0.2, 0.25) is 0 Å². The van der Waals surface area contributed by atoms with E-state index in [0.29, 0.717) is 5.82 Å². The Hall–Kier alpha value is -2.10. The Labute approximate surface area is 87.7 Å². The zero-order valence-corrected chi connectivity index (χ0v) is 8.34. The van der Waals surface area contributed by atoms with Crippen molar-refractivity contribution >= 4 is 5.82 Å². The summed E-state index contributed by atoms with van der Waals surface area (Å²) in [5, 5.41) is 0. The van der Waals surface area contributed by atoms with Crippen molar-refractivity contribution in [3.8, 4) is 17.0 Å². The number of anilines is 1. The monoisotopic (exact) mass is 201 g/mol. The van der Waals surface area contributed by atoms with Crippen molar-refractivity contribution in [3.63, 3.8) is 0 Å². The maximum absolute atomic E-state index is 5.58. The van der Waals surface area contributed by atoms with Crippen LogP contribution in [0.15, 0.2) is 36.7 Å². The summed E-state index contributed by atoms with van der Waals surface area (Å²) in [6.45, 7) is 0. The van der Waals surface area contributed by atoms with E-state index in [1.54, 1.807) is 13.2 Å². The topological polar surface area (TPSA) is 61.0 Å². The molecular formula is C11H11N3O. The molecule has 0 unspecified atom stereocenters. The van der Waals surface area contributed by atoms with E-state index < -0.39 is 0 Å². The van der Waals surface area contributed by atoms with Gasteiger partial charge in [0.25, 0.3) is 0 Å². The van der Waals surface area contributed by atoms with Gasteiger partial charge in [-0.25, -0.2) is 9.97 Å². The first-order chi connectivity index (χ1) is 7.29. The third-order valence-electron chi connectivity index (χ3n) is 2.07. The van der Waals surface area contributed by atoms with Crippen molar-refractivity contribution in [2.75, 3.05) is 12.8 Å². The molecular weight excluding hydrogens is 190 g/mol. The molecule has 4 heteroatoms. The highest BCUT2D eigenvalue weighted by molar-refractivity contribution is 5.62. The minimum Gasteiger partial charge on any atom is -0.497 e. The summed E-state index contributed by atoms with van der Waals surface area (Å²) in [5.41, 5.74) is 7.38. The number of hydrogen-bond donors (Lipinski definition) is 1. The van der Waals surface area contributed by atoms with Gasteiger partial charge in [-0.15, -0.1) is 0 Å². The summed E-state index contributed by atoms with van der Waals surface area (Å²) < 4.78 is 5.07. The van der Waals surface area contributed by atoms with Crippen molar-refractivity contribution in [2.24, 2.45) is 0 Å². The third kappa shape index (κ3) is 2.04. The maximum atomic E-state index is 5.58. The molecule has 0 fully saturated rings. The van der Waals surface area contributed by atoms with Crippen LogP contribution >= 0.6 is 0 Å². The average molecular weight is 201 g/mol. The molecule has 0 radical (unpaired) electrons. The van der Waals surface area contributed by atoms with Crippen LogP contribution in [0.1, 0.15) is 0 Å². The van der Waals surface area contributed by atoms with E-state index in [1.807, 2.05) is 24.3 Å². The smallest absolute Gasteiger partial charge is 0.127 e. The number of nitrogen functional groups attached to an aromatic ring is 1. The van der Waals surface area contributed by atoms with Crippen LogP contribution in [0, 0.1) is 0 Å². The molecule has 0 aliphatic carbocycles. The van der Waals surface area contributed by atoms with Gasteiger partial charge in [-0.2, -0.15) is 0 Å². The molecule has 4 nitrogen and oxygen atoms in total. The largest absolute Gasteiger partial charge is 0.497 e. The summed E-state index contributed by atoms with van der Waals surface area (Å²) in [6, 6.07) is 9.37. The molecule has 0 saturated heterocycles. The van der Waals surface area contributed by atoms with Crippen LogP contribution < -0.4 is 10.5 Å². The highest BCUT2D eigenvalue weighted by Gasteiger charge is 2.00. The van der Waals surface area contributed by atoms with Crippen molar-refractivity contribution in [2.45, 2.75) is 0 Å². The zero-order chi connectivity index (χ0) is 10.7. The molecule has 15 heavy (non-hydrogen) atoms. The van der Waals surface area contributed by atoms with Crippen LogP contribution in [0.25, 0.3) is 11.3 Å². The summed E-state index contributed by atoms with van der Waals surface area (Å²) in [4.78, 5) is 7.97. The molecule has 2 N–H and O–H groups in total. The van der Waals surface area contributed by atoms with Gasteiger partial charge in [-0.1, -0.05) is 0 Å². The van der Waals surface area contributed by atoms with E-state index in [0.717, 1.165) is 17.0 Å². The standard InChI is InChI=1S/C11H11N3O/c1-15-9-4-2-8(3-5-9)10-6-11(12)14-7-13-10/h2-7H,1H3,(H2,12,13,14). The van der Waals surface area contributed by atoms with E-state index in [-0.39, 0.29) is 0 Å². The number of aromatic nitrogens is 2. The van der Waals surface area contributed by atoms with E-state index in [2.05, 4.69) is 9.97 Å². The predicted molar refractivity (Wildman–Crippen MR) is 58.4 cm³/mol. The highest BCUT2D eigenvalue weighted by Crippen LogP contribution is 2.20. The first kappa shape index (κ1) is 9.45. The average Bonchev–Trinajstić information content (AvgIpc) is 2.29. The fourth-order valence-corrected chi connectivity index (χ4v) is 1.29. The lowest BCUT2D eigenvalue weighted by atomic mass is 10.1. The number of nitrogens with zero attached hydrogens (tertiary/aromatic N) is 2. The van der Waals surface area contributed by atoms with Crippen molar-refractivity contribution < 1.29 is 4.74 Å². The Bertz CT molecular complexity index is 454. The lowest BCUT2D eigenvalue weighted by Gasteiger charge is -2.02. The highest BCUT2D eigenvalue weighted by atomic mass is 16.5. The zero-order valence-electron chi connectivity index (χ0n) is 8.34. The lowest BCUT2D eigenvalue weighted by molar-refractivity contribution is 0.415. The van der Waals surface area contributed by atoms with E-state index in [9.17, 15) is 0 Å². The minimum absolute atomic E-state index is 0.468. The number of ether oxygens (including phenoxy) is 1. The summed E-state index contributed by atoms with van der Waals surface area (Å²) in [7, 11) is 1.64. The minimum atomic E-state index is 0.468. The molecule has 2 aromatic rings. The molecule has 0 spiro atoms. The summed E-state index contributed by atoms with van der Waals surface area (Å²) in [6.07, 6.45) is 1.45. The number of rotatable bonds is 2. The number of nitrogens with two attached hydrogens (primary N) is 1. The lowest BCUT2D eigenvalue weighted by Crippen LogP contribution is -1.92. The van der Waals surface area contributed by atoms with Gasteiger partial charge >= 0.3 is 0 Å². The fraction of sp³-hybridized carbons (Fsp3) is 0.0909. The van der Waals surface area contributed by atoms with Gasteiger partial charge < -0.3 is 10.5 Å². The summed E-state index contributed by atoms with van der Waals surface area (Å²) in [5.74, 6) is 1.29. The van der Waals surface area contributed by atoms with Crippen LogP contribution in [-0.2, 0) is 0 Å². The van der Waals surface area contributed by atoms with Gasteiger partial charge in [0.05, 0.1) is 12.8 Å². The maximum Gasteiger partial charge on any atom is 0.127 e. The van der Waals surface area contributed by atoms with Gasteiger partial charge in [0, 0.05) is 11.6 Å². The summed E-state index contributed by atoms with van der Waals surface area (Å²) >= 11 is 0. The SMILES string of the molecule is COc1ccc(-c2cc(N)ncn2)cc1. The number of methoxy groups -OCH3 is 1. The fourth-order valence-electron chi connectivity index (χ4n) is 1.29. The van der Waals surface area contributed by atoms with Crippen LogP contribution in [0.5, 0.6) is 5.75 Å². The molecule has 1 heterocycles. The van der Waals surface area contributed by atoms with Crippen molar-refractivity contribution in [1.29, 1.82) is 0 Å². The van der Waals surface area contributed by atoms with Crippen LogP contribution in [0.4, 0.5) is 5.82 Å². The Kier molecular flexibility index (Phi) is 2.49. The third-order valence-corrected chi connectivity index (χ3v) is 2.07. The van der Waals surface area contributed by atoms with E-state index >= 15 is 0 Å². The van der Waals surface area contributed by atoms with E-state index in [1.165, 1.54) is 6.33 Å². The molecule has 0 bridgehead atoms. The Morgan fingerprint density at radius 2 is 1.87 bits per heavy atom. The van der Waals surface area contributed by atoms with Gasteiger partial charge in [0.1, 0.15) is 17.9 Å². The first-order valence-corrected chi connectivity index (χ1v) is 4.51. The quantitative estimate of drug-likeness (QED) is 0.803. The van der Waals surface area contributed by atoms with Gasteiger partial charge in [-0.3, -0.25) is 0 Å². The molecule has 0 saturated carbocycles. The van der Waals surface area contributed by atoms with E-state index in [4.69, 9.17) is 10.5 Å². The Morgan fingerprint density at radius 1 is 1.13 bits per heavy atom. The van der Waals surface area contributed by atoms with Gasteiger partial charge in [0.2, 0.25) is 0 Å². The Morgan fingerprint density at radius 3 is 2.47 bits per heavy atom. The van der Waals surface area contributed by atoms with Crippen LogP contribution in [0.3, 0.4) is 0 Å². The van der Waals surface area contributed by atoms with Crippen molar-refractivity contribution in [1.82, 2.24) is 9.97 Å². The van der Waals surface area contributed by atoms with Gasteiger partial charge in [-0.05, 0) is 24.3 Å². The second-order valence-corrected chi connectivity index (χ2v) is 3.06. The predicted octanol–water partition coefficient (Wildman–Crippen LogP) is 1.73. The number of hydrogen-bond acceptors (Lipinski definition) is 4. The van der Waals surface area contributed by atoms with Gasteiger partial charge in [0.15, 0.2) is 0 Å². The van der Waals surface area contributed by atoms with Crippen LogP contribution in [-0.4, -0.2) is 17.1 Å². The molecule has 0 amide bonds.